The molecule has 1 amide bonds. The van der Waals surface area contributed by atoms with Gasteiger partial charge in [-0.3, -0.25) is 0 Å². The molecule has 0 spiro atoms. The molecule has 2 N–H and O–H groups in total. The zero-order valence-electron chi connectivity index (χ0n) is 15.3. The summed E-state index contributed by atoms with van der Waals surface area (Å²) in [4.78, 5) is 23.3. The molecule has 0 aliphatic rings. The van der Waals surface area contributed by atoms with E-state index in [0.29, 0.717) is 0 Å². The van der Waals surface area contributed by atoms with Gasteiger partial charge in [0.15, 0.2) is 0 Å². The van der Waals surface area contributed by atoms with E-state index in [2.05, 4.69) is 5.32 Å². The van der Waals surface area contributed by atoms with Gasteiger partial charge >= 0.3 is 12.1 Å². The lowest BCUT2D eigenvalue weighted by molar-refractivity contribution is -0.139. The third-order valence-corrected chi connectivity index (χ3v) is 3.62. The highest BCUT2D eigenvalue weighted by Crippen LogP contribution is 2.22. The van der Waals surface area contributed by atoms with E-state index in [-0.39, 0.29) is 6.42 Å². The zero-order chi connectivity index (χ0) is 18.5. The van der Waals surface area contributed by atoms with E-state index in [9.17, 15) is 14.7 Å². The molecule has 0 unspecified atom stereocenters. The quantitative estimate of drug-likeness (QED) is 0.848. The number of ether oxygens (including phenoxy) is 1. The topological polar surface area (TPSA) is 75.6 Å². The summed E-state index contributed by atoms with van der Waals surface area (Å²) in [7, 11) is 0. The van der Waals surface area contributed by atoms with Crippen LogP contribution in [0.4, 0.5) is 4.79 Å². The Balaban J connectivity index is 2.87. The third-order valence-electron chi connectivity index (χ3n) is 3.62. The molecule has 0 heterocycles. The van der Waals surface area contributed by atoms with Crippen LogP contribution in [-0.4, -0.2) is 28.8 Å². The molecule has 0 fully saturated rings. The van der Waals surface area contributed by atoms with E-state index in [1.807, 2.05) is 45.0 Å². The molecule has 0 saturated carbocycles. The summed E-state index contributed by atoms with van der Waals surface area (Å²) in [6, 6.07) is 7.01. The van der Waals surface area contributed by atoms with Gasteiger partial charge in [-0.15, -0.1) is 0 Å². The number of allylic oxidation sites excluding steroid dienone is 1. The molecule has 1 aromatic rings. The number of nitrogens with one attached hydrogen (secondary N) is 1. The van der Waals surface area contributed by atoms with Gasteiger partial charge < -0.3 is 15.2 Å². The molecule has 0 aromatic heterocycles. The number of carbonyl (C=O) groups is 2. The van der Waals surface area contributed by atoms with Crippen molar-refractivity contribution in [3.8, 4) is 0 Å². The Morgan fingerprint density at radius 1 is 1.17 bits per heavy atom. The van der Waals surface area contributed by atoms with Gasteiger partial charge in [0, 0.05) is 0 Å². The van der Waals surface area contributed by atoms with Crippen molar-refractivity contribution in [2.24, 2.45) is 0 Å². The van der Waals surface area contributed by atoms with Crippen LogP contribution in [0.5, 0.6) is 0 Å². The summed E-state index contributed by atoms with van der Waals surface area (Å²) in [5.41, 5.74) is 3.45. The van der Waals surface area contributed by atoms with Crippen molar-refractivity contribution in [1.82, 2.24) is 5.32 Å². The summed E-state index contributed by atoms with van der Waals surface area (Å²) in [5.74, 6) is -1.09. The lowest BCUT2D eigenvalue weighted by atomic mass is 9.97. The Morgan fingerprint density at radius 3 is 2.17 bits per heavy atom. The van der Waals surface area contributed by atoms with Gasteiger partial charge in [0.2, 0.25) is 0 Å². The molecular formula is C19H27NO4. The molecule has 0 aliphatic heterocycles. The molecule has 1 rings (SSSR count). The van der Waals surface area contributed by atoms with Crippen LogP contribution in [0.15, 0.2) is 29.8 Å². The summed E-state index contributed by atoms with van der Waals surface area (Å²) in [6.07, 6.45) is -0.510. The molecular weight excluding hydrogens is 306 g/mol. The van der Waals surface area contributed by atoms with Crippen molar-refractivity contribution in [1.29, 1.82) is 0 Å². The van der Waals surface area contributed by atoms with Crippen molar-refractivity contribution in [2.45, 2.75) is 59.6 Å². The number of hydrogen-bond donors (Lipinski definition) is 2. The predicted octanol–water partition coefficient (Wildman–Crippen LogP) is 4.16. The van der Waals surface area contributed by atoms with Gasteiger partial charge in [0.25, 0.3) is 0 Å². The van der Waals surface area contributed by atoms with Gasteiger partial charge in [0.1, 0.15) is 11.6 Å². The Kier molecular flexibility index (Phi) is 6.58. The molecule has 24 heavy (non-hydrogen) atoms. The first kappa shape index (κ1) is 19.7. The second kappa shape index (κ2) is 7.99. The van der Waals surface area contributed by atoms with Gasteiger partial charge in [-0.2, -0.15) is 0 Å². The Hall–Kier alpha value is -2.30. The van der Waals surface area contributed by atoms with E-state index in [1.165, 1.54) is 5.56 Å². The second-order valence-corrected chi connectivity index (χ2v) is 7.01. The number of hydrogen-bond acceptors (Lipinski definition) is 3. The predicted molar refractivity (Wildman–Crippen MR) is 94.9 cm³/mol. The monoisotopic (exact) mass is 333 g/mol. The van der Waals surface area contributed by atoms with Crippen LogP contribution >= 0.6 is 0 Å². The first-order valence-electron chi connectivity index (χ1n) is 7.95. The Bertz CT molecular complexity index is 624. The SMILES string of the molecule is C/C(C[C@H](NC(=O)OC(C)(C)C)C(=O)O)=C(\C)c1ccc(C)cc1. The first-order chi connectivity index (χ1) is 11.0. The lowest BCUT2D eigenvalue weighted by Gasteiger charge is -2.22. The fourth-order valence-electron chi connectivity index (χ4n) is 2.16. The minimum Gasteiger partial charge on any atom is -0.480 e. The van der Waals surface area contributed by atoms with Crippen LogP contribution in [0.1, 0.15) is 52.2 Å². The lowest BCUT2D eigenvalue weighted by Crippen LogP contribution is -2.43. The summed E-state index contributed by atoms with van der Waals surface area (Å²) < 4.78 is 5.13. The van der Waals surface area contributed by atoms with Gasteiger partial charge in [0.05, 0.1) is 0 Å². The maximum Gasteiger partial charge on any atom is 0.408 e. The number of carboxylic acid groups (broad SMARTS) is 1. The van der Waals surface area contributed by atoms with Crippen LogP contribution in [0.3, 0.4) is 0 Å². The minimum absolute atomic E-state index is 0.217. The normalized spacial score (nSPS) is 13.8. The largest absolute Gasteiger partial charge is 0.480 e. The number of alkyl carbamates (subject to hydrolysis) is 1. The molecule has 5 heteroatoms. The van der Waals surface area contributed by atoms with Crippen molar-refractivity contribution in [2.75, 3.05) is 0 Å². The third kappa shape index (κ3) is 6.44. The molecule has 0 saturated heterocycles. The van der Waals surface area contributed by atoms with Crippen LogP contribution in [-0.2, 0) is 9.53 Å². The fourth-order valence-corrected chi connectivity index (χ4v) is 2.16. The van der Waals surface area contributed by atoms with Crippen LogP contribution < -0.4 is 5.32 Å². The standard InChI is InChI=1S/C19H27NO4/c1-12-7-9-15(10-8-12)14(3)13(2)11-16(17(21)22)20-18(23)24-19(4,5)6/h7-10,16H,11H2,1-6H3,(H,20,23)(H,21,22)/b14-13-/t16-/m0/s1. The number of amides is 1. The first-order valence-corrected chi connectivity index (χ1v) is 7.95. The number of rotatable bonds is 5. The number of carbonyl (C=O) groups excluding carboxylic acids is 1. The number of carboxylic acids is 1. The highest BCUT2D eigenvalue weighted by atomic mass is 16.6. The highest BCUT2D eigenvalue weighted by molar-refractivity contribution is 5.81. The molecule has 0 bridgehead atoms. The number of aryl methyl sites for hydroxylation is 1. The Labute approximate surface area is 143 Å². The maximum atomic E-state index is 11.8. The molecule has 1 atom stereocenters. The van der Waals surface area contributed by atoms with E-state index in [0.717, 1.165) is 16.7 Å². The Morgan fingerprint density at radius 2 is 1.71 bits per heavy atom. The molecule has 1 aromatic carbocycles. The summed E-state index contributed by atoms with van der Waals surface area (Å²) >= 11 is 0. The van der Waals surface area contributed by atoms with Crippen molar-refractivity contribution in [3.05, 3.63) is 41.0 Å². The minimum atomic E-state index is -1.09. The number of benzene rings is 1. The smallest absolute Gasteiger partial charge is 0.408 e. The number of aliphatic carboxylic acids is 1. The molecule has 5 nitrogen and oxygen atoms in total. The van der Waals surface area contributed by atoms with E-state index in [4.69, 9.17) is 4.74 Å². The van der Waals surface area contributed by atoms with Gasteiger partial charge in [-0.05, 0) is 59.1 Å². The van der Waals surface area contributed by atoms with Crippen LogP contribution in [0, 0.1) is 6.92 Å². The molecule has 0 radical (unpaired) electrons. The average molecular weight is 333 g/mol. The van der Waals surface area contributed by atoms with Crippen LogP contribution in [0.2, 0.25) is 0 Å². The summed E-state index contributed by atoms with van der Waals surface area (Å²) in [6.45, 7) is 11.0. The van der Waals surface area contributed by atoms with Gasteiger partial charge in [-0.1, -0.05) is 35.4 Å². The average Bonchev–Trinajstić information content (AvgIpc) is 2.44. The molecule has 0 aliphatic carbocycles. The molecule has 132 valence electrons. The second-order valence-electron chi connectivity index (χ2n) is 7.01. The van der Waals surface area contributed by atoms with Crippen molar-refractivity contribution >= 4 is 17.6 Å². The van der Waals surface area contributed by atoms with Gasteiger partial charge in [-0.25, -0.2) is 9.59 Å². The van der Waals surface area contributed by atoms with E-state index in [1.54, 1.807) is 20.8 Å². The zero-order valence-corrected chi connectivity index (χ0v) is 15.3. The van der Waals surface area contributed by atoms with Crippen LogP contribution in [0.25, 0.3) is 5.57 Å². The highest BCUT2D eigenvalue weighted by Gasteiger charge is 2.24. The van der Waals surface area contributed by atoms with Crippen molar-refractivity contribution in [3.63, 3.8) is 0 Å². The fraction of sp³-hybridized carbons (Fsp3) is 0.474. The summed E-state index contributed by atoms with van der Waals surface area (Å²) in [5, 5.41) is 11.8. The van der Waals surface area contributed by atoms with E-state index >= 15 is 0 Å². The van der Waals surface area contributed by atoms with E-state index < -0.39 is 23.7 Å². The van der Waals surface area contributed by atoms with Crippen molar-refractivity contribution < 1.29 is 19.4 Å². The maximum absolute atomic E-state index is 11.8.